The zero-order chi connectivity index (χ0) is 30.2. The molecule has 2 atom stereocenters. The lowest BCUT2D eigenvalue weighted by Gasteiger charge is -2.33. The topological polar surface area (TPSA) is 105 Å². The van der Waals surface area contributed by atoms with Crippen molar-refractivity contribution in [3.8, 4) is 11.5 Å². The molecule has 3 aromatic carbocycles. The van der Waals surface area contributed by atoms with Crippen molar-refractivity contribution in [3.05, 3.63) is 83.9 Å². The van der Waals surface area contributed by atoms with Crippen molar-refractivity contribution in [3.63, 3.8) is 0 Å². The number of nitrogens with zero attached hydrogens (tertiary/aromatic N) is 2. The third-order valence-electron chi connectivity index (χ3n) is 7.04. The number of nitrogens with one attached hydrogen (secondary N) is 1. The molecule has 2 amide bonds. The van der Waals surface area contributed by atoms with Gasteiger partial charge in [-0.2, -0.15) is 0 Å². The fourth-order valence-corrected chi connectivity index (χ4v) is 5.68. The van der Waals surface area contributed by atoms with Crippen molar-refractivity contribution in [2.45, 2.75) is 57.6 Å². The summed E-state index contributed by atoms with van der Waals surface area (Å²) in [6.45, 7) is 6.97. The lowest BCUT2D eigenvalue weighted by molar-refractivity contribution is -0.139. The standard InChI is InChI=1S/C31H39N3O6S/c1-7-23(3)32-31(36)24(4)33(20-25-14-12-11-13-22(25)2)30(35)21-34(41(37,38)27-15-9-8-10-16-27)28-19-26(39-5)17-18-29(28)40-6/h8-19,23-24H,7,20-21H2,1-6H3,(H,32,36)/t23-,24+/m1/s1. The highest BCUT2D eigenvalue weighted by Crippen LogP contribution is 2.36. The number of methoxy groups -OCH3 is 2. The fraction of sp³-hybridized carbons (Fsp3) is 0.355. The molecule has 0 aromatic heterocycles. The first-order valence-electron chi connectivity index (χ1n) is 13.5. The van der Waals surface area contributed by atoms with Gasteiger partial charge in [-0.15, -0.1) is 0 Å². The van der Waals surface area contributed by atoms with Gasteiger partial charge >= 0.3 is 0 Å². The second-order valence-electron chi connectivity index (χ2n) is 9.80. The first kappa shape index (κ1) is 31.5. The summed E-state index contributed by atoms with van der Waals surface area (Å²) in [6, 6.07) is 19.2. The van der Waals surface area contributed by atoms with Gasteiger partial charge in [0, 0.05) is 18.7 Å². The number of rotatable bonds is 13. The molecular formula is C31H39N3O6S. The third-order valence-corrected chi connectivity index (χ3v) is 8.81. The fourth-order valence-electron chi connectivity index (χ4n) is 4.24. The van der Waals surface area contributed by atoms with Crippen molar-refractivity contribution >= 4 is 27.5 Å². The minimum atomic E-state index is -4.24. The van der Waals surface area contributed by atoms with Gasteiger partial charge in [-0.25, -0.2) is 8.42 Å². The highest BCUT2D eigenvalue weighted by atomic mass is 32.2. The summed E-state index contributed by atoms with van der Waals surface area (Å²) in [4.78, 5) is 28.8. The van der Waals surface area contributed by atoms with Crippen LogP contribution in [0.3, 0.4) is 0 Å². The SMILES string of the molecule is CC[C@@H](C)NC(=O)[C@H](C)N(Cc1ccccc1C)C(=O)CN(c1cc(OC)ccc1OC)S(=O)(=O)c1ccccc1. The summed E-state index contributed by atoms with van der Waals surface area (Å²) in [7, 11) is -1.35. The van der Waals surface area contributed by atoms with Crippen LogP contribution in [0, 0.1) is 6.92 Å². The number of anilines is 1. The molecule has 0 spiro atoms. The minimum Gasteiger partial charge on any atom is -0.497 e. The van der Waals surface area contributed by atoms with Crippen LogP contribution in [0.1, 0.15) is 38.3 Å². The number of aryl methyl sites for hydroxylation is 1. The van der Waals surface area contributed by atoms with Crippen LogP contribution in [-0.4, -0.2) is 58.0 Å². The molecule has 41 heavy (non-hydrogen) atoms. The first-order valence-corrected chi connectivity index (χ1v) is 14.9. The van der Waals surface area contributed by atoms with Crippen LogP contribution in [0.4, 0.5) is 5.69 Å². The van der Waals surface area contributed by atoms with E-state index < -0.39 is 28.5 Å². The van der Waals surface area contributed by atoms with Gasteiger partial charge in [-0.3, -0.25) is 13.9 Å². The Labute approximate surface area is 243 Å². The van der Waals surface area contributed by atoms with Crippen molar-refractivity contribution < 1.29 is 27.5 Å². The smallest absolute Gasteiger partial charge is 0.264 e. The van der Waals surface area contributed by atoms with Gasteiger partial charge in [0.25, 0.3) is 10.0 Å². The highest BCUT2D eigenvalue weighted by Gasteiger charge is 2.34. The van der Waals surface area contributed by atoms with Crippen molar-refractivity contribution in [1.82, 2.24) is 10.2 Å². The van der Waals surface area contributed by atoms with Gasteiger partial charge in [0.15, 0.2) is 0 Å². The van der Waals surface area contributed by atoms with Crippen LogP contribution in [0.2, 0.25) is 0 Å². The third kappa shape index (κ3) is 7.58. The van der Waals surface area contributed by atoms with Gasteiger partial charge in [-0.05, 0) is 62.6 Å². The van der Waals surface area contributed by atoms with Gasteiger partial charge in [0.05, 0.1) is 24.8 Å². The molecule has 0 aliphatic carbocycles. The van der Waals surface area contributed by atoms with Crippen LogP contribution >= 0.6 is 0 Å². The molecule has 0 fully saturated rings. The van der Waals surface area contributed by atoms with Gasteiger partial charge in [0.2, 0.25) is 11.8 Å². The Balaban J connectivity index is 2.11. The number of hydrogen-bond donors (Lipinski definition) is 1. The molecule has 3 rings (SSSR count). The van der Waals surface area contributed by atoms with E-state index in [0.29, 0.717) is 5.75 Å². The van der Waals surface area contributed by atoms with Crippen molar-refractivity contribution in [1.29, 1.82) is 0 Å². The molecule has 220 valence electrons. The van der Waals surface area contributed by atoms with Crippen LogP contribution < -0.4 is 19.1 Å². The number of benzene rings is 3. The molecular weight excluding hydrogens is 542 g/mol. The molecule has 0 radical (unpaired) electrons. The van der Waals surface area contributed by atoms with E-state index in [1.807, 2.05) is 45.0 Å². The van der Waals surface area contributed by atoms with E-state index in [1.54, 1.807) is 37.3 Å². The van der Waals surface area contributed by atoms with E-state index in [2.05, 4.69) is 5.32 Å². The van der Waals surface area contributed by atoms with Crippen LogP contribution in [0.15, 0.2) is 77.7 Å². The van der Waals surface area contributed by atoms with Crippen LogP contribution in [0.5, 0.6) is 11.5 Å². The molecule has 0 unspecified atom stereocenters. The predicted molar refractivity (Wildman–Crippen MR) is 160 cm³/mol. The zero-order valence-electron chi connectivity index (χ0n) is 24.5. The maximum atomic E-state index is 14.1. The summed E-state index contributed by atoms with van der Waals surface area (Å²) >= 11 is 0. The summed E-state index contributed by atoms with van der Waals surface area (Å²) < 4.78 is 39.9. The Morgan fingerprint density at radius 3 is 2.20 bits per heavy atom. The Bertz CT molecular complexity index is 1450. The van der Waals surface area contributed by atoms with Crippen molar-refractivity contribution in [2.24, 2.45) is 0 Å². The lowest BCUT2D eigenvalue weighted by Crippen LogP contribution is -2.52. The van der Waals surface area contributed by atoms with E-state index in [-0.39, 0.29) is 34.8 Å². The molecule has 10 heteroatoms. The van der Waals surface area contributed by atoms with Gasteiger partial charge in [-0.1, -0.05) is 49.4 Å². The predicted octanol–water partition coefficient (Wildman–Crippen LogP) is 4.54. The van der Waals surface area contributed by atoms with Crippen molar-refractivity contribution in [2.75, 3.05) is 25.1 Å². The van der Waals surface area contributed by atoms with Crippen LogP contribution in [-0.2, 0) is 26.2 Å². The highest BCUT2D eigenvalue weighted by molar-refractivity contribution is 7.92. The van der Waals surface area contributed by atoms with E-state index in [9.17, 15) is 18.0 Å². The molecule has 0 saturated heterocycles. The van der Waals surface area contributed by atoms with Crippen LogP contribution in [0.25, 0.3) is 0 Å². The maximum Gasteiger partial charge on any atom is 0.264 e. The van der Waals surface area contributed by atoms with E-state index in [0.717, 1.165) is 21.9 Å². The number of carbonyl (C=O) groups is 2. The Morgan fingerprint density at radius 1 is 0.927 bits per heavy atom. The molecule has 1 N–H and O–H groups in total. The number of sulfonamides is 1. The van der Waals surface area contributed by atoms with Gasteiger partial charge in [0.1, 0.15) is 24.1 Å². The number of amides is 2. The second-order valence-corrected chi connectivity index (χ2v) is 11.7. The van der Waals surface area contributed by atoms with E-state index in [1.165, 1.54) is 37.3 Å². The average molecular weight is 582 g/mol. The number of hydrogen-bond acceptors (Lipinski definition) is 6. The maximum absolute atomic E-state index is 14.1. The normalized spacial score (nSPS) is 12.6. The lowest BCUT2D eigenvalue weighted by atomic mass is 10.1. The summed E-state index contributed by atoms with van der Waals surface area (Å²) in [5.41, 5.74) is 1.93. The number of carbonyl (C=O) groups excluding carboxylic acids is 2. The second kappa shape index (κ2) is 14.0. The van der Waals surface area contributed by atoms with E-state index >= 15 is 0 Å². The molecule has 9 nitrogen and oxygen atoms in total. The number of ether oxygens (including phenoxy) is 2. The molecule has 3 aromatic rings. The molecule has 0 aliphatic rings. The quantitative estimate of drug-likeness (QED) is 0.318. The van der Waals surface area contributed by atoms with E-state index in [4.69, 9.17) is 9.47 Å². The molecule has 0 heterocycles. The largest absolute Gasteiger partial charge is 0.497 e. The summed E-state index contributed by atoms with van der Waals surface area (Å²) in [5, 5.41) is 2.94. The monoisotopic (exact) mass is 581 g/mol. The Morgan fingerprint density at radius 2 is 1.59 bits per heavy atom. The molecule has 0 saturated carbocycles. The minimum absolute atomic E-state index is 0.00527. The summed E-state index contributed by atoms with van der Waals surface area (Å²) in [6.07, 6.45) is 0.725. The Kier molecular flexibility index (Phi) is 10.8. The summed E-state index contributed by atoms with van der Waals surface area (Å²) in [5.74, 6) is -0.243. The Hall–Kier alpha value is -4.05. The first-order chi connectivity index (χ1) is 19.5. The zero-order valence-corrected chi connectivity index (χ0v) is 25.3. The molecule has 0 aliphatic heterocycles. The van der Waals surface area contributed by atoms with Gasteiger partial charge < -0.3 is 19.7 Å². The average Bonchev–Trinajstić information content (AvgIpc) is 2.98. The molecule has 0 bridgehead atoms.